The van der Waals surface area contributed by atoms with Crippen LogP contribution in [0, 0.1) is 13.8 Å². The summed E-state index contributed by atoms with van der Waals surface area (Å²) in [6.45, 7) is 8.32. The highest BCUT2D eigenvalue weighted by molar-refractivity contribution is 7.91. The molecule has 1 N–H and O–H groups in total. The molecule has 0 saturated carbocycles. The Bertz CT molecular complexity index is 551. The first-order valence-electron chi connectivity index (χ1n) is 7.26. The maximum atomic E-state index is 13.0. The fraction of sp³-hybridized carbons (Fsp3) is 0.714. The number of nitrogens with one attached hydrogen (secondary N) is 1. The number of sulfonamides is 1. The molecule has 0 unspecified atom stereocenters. The quantitative estimate of drug-likeness (QED) is 0.886. The van der Waals surface area contributed by atoms with Crippen LogP contribution in [0.5, 0.6) is 0 Å². The normalized spacial score (nSPS) is 17.0. The molecule has 1 aliphatic heterocycles. The van der Waals surface area contributed by atoms with Gasteiger partial charge in [-0.05, 0) is 57.8 Å². The Labute approximate surface area is 138 Å². The van der Waals surface area contributed by atoms with E-state index in [-0.39, 0.29) is 18.4 Å². The van der Waals surface area contributed by atoms with E-state index in [0.717, 1.165) is 42.8 Å². The van der Waals surface area contributed by atoms with E-state index in [2.05, 4.69) is 5.32 Å². The summed E-state index contributed by atoms with van der Waals surface area (Å²) in [7, 11) is -3.35. The van der Waals surface area contributed by atoms with Crippen LogP contribution in [-0.2, 0) is 10.0 Å². The first-order chi connectivity index (χ1) is 9.46. The number of thiophene rings is 1. The monoisotopic (exact) mass is 352 g/mol. The Hall–Kier alpha value is -0.140. The van der Waals surface area contributed by atoms with Crippen LogP contribution in [0.4, 0.5) is 0 Å². The van der Waals surface area contributed by atoms with Gasteiger partial charge >= 0.3 is 0 Å². The largest absolute Gasteiger partial charge is 0.317 e. The van der Waals surface area contributed by atoms with E-state index in [4.69, 9.17) is 0 Å². The van der Waals surface area contributed by atoms with Crippen molar-refractivity contribution < 1.29 is 8.42 Å². The van der Waals surface area contributed by atoms with Gasteiger partial charge in [0.1, 0.15) is 4.21 Å². The highest BCUT2D eigenvalue weighted by Crippen LogP contribution is 2.31. The molecule has 0 radical (unpaired) electrons. The molecule has 1 saturated heterocycles. The van der Waals surface area contributed by atoms with Crippen molar-refractivity contribution in [2.75, 3.05) is 19.6 Å². The summed E-state index contributed by atoms with van der Waals surface area (Å²) in [5.74, 6) is 0. The van der Waals surface area contributed by atoms with Gasteiger partial charge in [-0.1, -0.05) is 6.92 Å². The van der Waals surface area contributed by atoms with Gasteiger partial charge in [-0.3, -0.25) is 0 Å². The molecule has 0 atom stereocenters. The number of nitrogens with zero attached hydrogens (tertiary/aromatic N) is 1. The molecule has 4 nitrogen and oxygen atoms in total. The predicted molar refractivity (Wildman–Crippen MR) is 91.1 cm³/mol. The van der Waals surface area contributed by atoms with E-state index < -0.39 is 10.0 Å². The number of piperidine rings is 1. The lowest BCUT2D eigenvalue weighted by Crippen LogP contribution is -2.46. The van der Waals surface area contributed by atoms with Gasteiger partial charge in [0.2, 0.25) is 0 Å². The number of hydrogen-bond donors (Lipinski definition) is 1. The van der Waals surface area contributed by atoms with E-state index in [9.17, 15) is 8.42 Å². The van der Waals surface area contributed by atoms with Crippen molar-refractivity contribution >= 4 is 33.8 Å². The molecule has 0 spiro atoms. The molecule has 0 aliphatic carbocycles. The lowest BCUT2D eigenvalue weighted by atomic mass is 10.1. The fourth-order valence-corrected chi connectivity index (χ4v) is 6.35. The summed E-state index contributed by atoms with van der Waals surface area (Å²) in [5, 5.41) is 3.30. The minimum Gasteiger partial charge on any atom is -0.317 e. The molecular formula is C14H25ClN2O2S2. The zero-order chi connectivity index (χ0) is 14.8. The Morgan fingerprint density at radius 1 is 1.33 bits per heavy atom. The molecule has 1 aromatic heterocycles. The molecular weight excluding hydrogens is 328 g/mol. The molecule has 1 fully saturated rings. The minimum atomic E-state index is -3.35. The number of aryl methyl sites for hydroxylation is 2. The summed E-state index contributed by atoms with van der Waals surface area (Å²) in [6, 6.07) is 2.10. The van der Waals surface area contributed by atoms with Crippen LogP contribution < -0.4 is 5.32 Å². The van der Waals surface area contributed by atoms with Crippen molar-refractivity contribution in [3.05, 3.63) is 16.5 Å². The first kappa shape index (κ1) is 18.9. The van der Waals surface area contributed by atoms with E-state index in [1.165, 1.54) is 11.3 Å². The van der Waals surface area contributed by atoms with Crippen LogP contribution in [0.25, 0.3) is 0 Å². The molecule has 122 valence electrons. The third-order valence-electron chi connectivity index (χ3n) is 3.70. The van der Waals surface area contributed by atoms with Gasteiger partial charge in [-0.25, -0.2) is 8.42 Å². The van der Waals surface area contributed by atoms with Gasteiger partial charge in [-0.2, -0.15) is 4.31 Å². The molecule has 21 heavy (non-hydrogen) atoms. The maximum Gasteiger partial charge on any atom is 0.253 e. The predicted octanol–water partition coefficient (Wildman–Crippen LogP) is 2.94. The zero-order valence-corrected chi connectivity index (χ0v) is 15.3. The van der Waals surface area contributed by atoms with Crippen LogP contribution in [0.1, 0.15) is 36.6 Å². The van der Waals surface area contributed by atoms with Gasteiger partial charge in [0.05, 0.1) is 0 Å². The van der Waals surface area contributed by atoms with Gasteiger partial charge < -0.3 is 5.32 Å². The van der Waals surface area contributed by atoms with Crippen LogP contribution in [0.2, 0.25) is 0 Å². The van der Waals surface area contributed by atoms with E-state index >= 15 is 0 Å². The van der Waals surface area contributed by atoms with Crippen LogP contribution in [-0.4, -0.2) is 38.4 Å². The Morgan fingerprint density at radius 2 is 1.95 bits per heavy atom. The Kier molecular flexibility index (Phi) is 7.13. The van der Waals surface area contributed by atoms with Crippen molar-refractivity contribution in [1.82, 2.24) is 9.62 Å². The molecule has 0 bridgehead atoms. The van der Waals surface area contributed by atoms with Gasteiger partial charge in [0.15, 0.2) is 0 Å². The zero-order valence-electron chi connectivity index (χ0n) is 12.9. The lowest BCUT2D eigenvalue weighted by Gasteiger charge is -2.33. The number of halogens is 1. The molecule has 2 heterocycles. The van der Waals surface area contributed by atoms with Gasteiger partial charge in [0.25, 0.3) is 10.0 Å². The van der Waals surface area contributed by atoms with E-state index in [0.29, 0.717) is 10.8 Å². The highest BCUT2D eigenvalue weighted by atomic mass is 35.5. The third kappa shape index (κ3) is 4.20. The second-order valence-corrected chi connectivity index (χ2v) is 8.77. The smallest absolute Gasteiger partial charge is 0.253 e. The molecule has 0 aromatic carbocycles. The molecule has 2 rings (SSSR count). The van der Waals surface area contributed by atoms with Crippen LogP contribution in [0.15, 0.2) is 10.3 Å². The van der Waals surface area contributed by atoms with Gasteiger partial charge in [0, 0.05) is 17.5 Å². The second-order valence-electron chi connectivity index (χ2n) is 5.42. The Balaban J connectivity index is 0.00000220. The summed E-state index contributed by atoms with van der Waals surface area (Å²) in [5.41, 5.74) is 0.877. The summed E-state index contributed by atoms with van der Waals surface area (Å²) in [4.78, 5) is 1.06. The number of hydrogen-bond acceptors (Lipinski definition) is 4. The molecule has 0 amide bonds. The summed E-state index contributed by atoms with van der Waals surface area (Å²) < 4.78 is 28.2. The van der Waals surface area contributed by atoms with Crippen molar-refractivity contribution in [3.8, 4) is 0 Å². The minimum absolute atomic E-state index is 0. The highest BCUT2D eigenvalue weighted by Gasteiger charge is 2.33. The lowest BCUT2D eigenvalue weighted by molar-refractivity contribution is 0.262. The summed E-state index contributed by atoms with van der Waals surface area (Å²) in [6.07, 6.45) is 2.66. The fourth-order valence-electron chi connectivity index (χ4n) is 2.80. The van der Waals surface area contributed by atoms with Crippen LogP contribution >= 0.6 is 23.7 Å². The second kappa shape index (κ2) is 7.92. The average Bonchev–Trinajstić information content (AvgIpc) is 2.76. The standard InChI is InChI=1S/C14H24N2O2S2.ClH/c1-4-9-16(13-5-7-15-8-6-13)20(17,18)14-11(2)10-12(3)19-14;/h10,13,15H,4-9H2,1-3H3;1H. The summed E-state index contributed by atoms with van der Waals surface area (Å²) >= 11 is 1.39. The van der Waals surface area contributed by atoms with Crippen LogP contribution in [0.3, 0.4) is 0 Å². The topological polar surface area (TPSA) is 49.4 Å². The molecule has 1 aromatic rings. The SMILES string of the molecule is CCCN(C1CCNCC1)S(=O)(=O)c1sc(C)cc1C.Cl. The maximum absolute atomic E-state index is 13.0. The average molecular weight is 353 g/mol. The van der Waals surface area contributed by atoms with E-state index in [1.54, 1.807) is 4.31 Å². The van der Waals surface area contributed by atoms with Crippen molar-refractivity contribution in [2.45, 2.75) is 50.3 Å². The number of rotatable bonds is 5. The van der Waals surface area contributed by atoms with Gasteiger partial charge in [-0.15, -0.1) is 23.7 Å². The third-order valence-corrected chi connectivity index (χ3v) is 7.42. The van der Waals surface area contributed by atoms with Crippen molar-refractivity contribution in [3.63, 3.8) is 0 Å². The first-order valence-corrected chi connectivity index (χ1v) is 9.52. The molecule has 7 heteroatoms. The van der Waals surface area contributed by atoms with Crippen molar-refractivity contribution in [1.29, 1.82) is 0 Å². The molecule has 1 aliphatic rings. The Morgan fingerprint density at radius 3 is 2.43 bits per heavy atom. The van der Waals surface area contributed by atoms with E-state index in [1.807, 2.05) is 26.8 Å². The van der Waals surface area contributed by atoms with Crippen molar-refractivity contribution in [2.24, 2.45) is 0 Å².